The van der Waals surface area contributed by atoms with Gasteiger partial charge in [-0.2, -0.15) is 0 Å². The molecule has 1 atom stereocenters. The molecule has 1 saturated heterocycles. The fraction of sp³-hybridized carbons (Fsp3) is 0.381. The minimum atomic E-state index is -3.04. The van der Waals surface area contributed by atoms with Crippen LogP contribution in [0.3, 0.4) is 0 Å². The van der Waals surface area contributed by atoms with Crippen LogP contribution in [0.15, 0.2) is 54.6 Å². The molecule has 0 bridgehead atoms. The van der Waals surface area contributed by atoms with Gasteiger partial charge in [0.15, 0.2) is 9.84 Å². The quantitative estimate of drug-likeness (QED) is 0.723. The average Bonchev–Trinajstić information content (AvgIpc) is 3.03. The molecule has 0 aromatic heterocycles. The van der Waals surface area contributed by atoms with Crippen molar-refractivity contribution in [3.63, 3.8) is 0 Å². The molecule has 6 heteroatoms. The lowest BCUT2D eigenvalue weighted by molar-refractivity contribution is 0.0694. The summed E-state index contributed by atoms with van der Waals surface area (Å²) in [5, 5.41) is 0. The topological polar surface area (TPSA) is 63.7 Å². The van der Waals surface area contributed by atoms with Crippen LogP contribution in [-0.2, 0) is 9.84 Å². The molecule has 27 heavy (non-hydrogen) atoms. The second kappa shape index (κ2) is 8.57. The van der Waals surface area contributed by atoms with E-state index in [1.54, 1.807) is 29.2 Å². The first-order valence-electron chi connectivity index (χ1n) is 9.33. The predicted molar refractivity (Wildman–Crippen MR) is 106 cm³/mol. The van der Waals surface area contributed by atoms with Gasteiger partial charge in [0, 0.05) is 18.2 Å². The van der Waals surface area contributed by atoms with Gasteiger partial charge < -0.3 is 9.64 Å². The van der Waals surface area contributed by atoms with E-state index in [1.165, 1.54) is 0 Å². The zero-order valence-corrected chi connectivity index (χ0v) is 16.3. The monoisotopic (exact) mass is 387 g/mol. The van der Waals surface area contributed by atoms with Crippen LogP contribution >= 0.6 is 0 Å². The van der Waals surface area contributed by atoms with E-state index in [9.17, 15) is 13.2 Å². The number of benzene rings is 2. The molecule has 1 fully saturated rings. The van der Waals surface area contributed by atoms with E-state index >= 15 is 0 Å². The van der Waals surface area contributed by atoms with Crippen LogP contribution in [0, 0.1) is 0 Å². The number of nitrogens with zero attached hydrogens (tertiary/aromatic N) is 1. The van der Waals surface area contributed by atoms with Crippen LogP contribution in [0.1, 0.15) is 36.5 Å². The van der Waals surface area contributed by atoms with Gasteiger partial charge in [0.05, 0.1) is 11.5 Å². The molecule has 2 aromatic carbocycles. The third-order valence-electron chi connectivity index (χ3n) is 4.74. The molecular weight excluding hydrogens is 362 g/mol. The number of rotatable bonds is 7. The maximum atomic E-state index is 13.0. The van der Waals surface area contributed by atoms with Crippen molar-refractivity contribution in [3.05, 3.63) is 60.2 Å². The van der Waals surface area contributed by atoms with Crippen LogP contribution in [0.5, 0.6) is 11.5 Å². The Kier molecular flexibility index (Phi) is 6.16. The minimum Gasteiger partial charge on any atom is -0.457 e. The Bertz CT molecular complexity index is 863. The highest BCUT2D eigenvalue weighted by atomic mass is 32.2. The summed E-state index contributed by atoms with van der Waals surface area (Å²) >= 11 is 0. The Morgan fingerprint density at radius 1 is 1.07 bits per heavy atom. The Labute approximate surface area is 160 Å². The van der Waals surface area contributed by atoms with Gasteiger partial charge in [-0.05, 0) is 49.2 Å². The summed E-state index contributed by atoms with van der Waals surface area (Å²) < 4.78 is 29.4. The van der Waals surface area contributed by atoms with Crippen molar-refractivity contribution in [2.45, 2.75) is 32.2 Å². The van der Waals surface area contributed by atoms with E-state index in [4.69, 9.17) is 4.74 Å². The number of carbonyl (C=O) groups excluding carboxylic acids is 1. The number of unbranched alkanes of at least 4 members (excludes halogenated alkanes) is 1. The van der Waals surface area contributed by atoms with E-state index < -0.39 is 9.84 Å². The van der Waals surface area contributed by atoms with Crippen LogP contribution in [0.4, 0.5) is 0 Å². The molecule has 1 aliphatic heterocycles. The molecule has 5 nitrogen and oxygen atoms in total. The fourth-order valence-electron chi connectivity index (χ4n) is 3.26. The number of ether oxygens (including phenoxy) is 1. The summed E-state index contributed by atoms with van der Waals surface area (Å²) in [6.45, 7) is 2.64. The van der Waals surface area contributed by atoms with Crippen molar-refractivity contribution in [1.82, 2.24) is 4.90 Å². The Balaban J connectivity index is 1.73. The van der Waals surface area contributed by atoms with Crippen LogP contribution < -0.4 is 4.74 Å². The van der Waals surface area contributed by atoms with Crippen molar-refractivity contribution < 1.29 is 17.9 Å². The summed E-state index contributed by atoms with van der Waals surface area (Å²) in [4.78, 5) is 14.7. The average molecular weight is 388 g/mol. The van der Waals surface area contributed by atoms with Gasteiger partial charge in [0.25, 0.3) is 5.91 Å². The van der Waals surface area contributed by atoms with Crippen LogP contribution in [-0.4, -0.2) is 43.3 Å². The first-order valence-corrected chi connectivity index (χ1v) is 11.1. The van der Waals surface area contributed by atoms with Gasteiger partial charge in [-0.15, -0.1) is 0 Å². The first kappa shape index (κ1) is 19.4. The van der Waals surface area contributed by atoms with E-state index in [1.807, 2.05) is 30.3 Å². The van der Waals surface area contributed by atoms with Gasteiger partial charge in [-0.25, -0.2) is 8.42 Å². The Morgan fingerprint density at radius 2 is 1.74 bits per heavy atom. The van der Waals surface area contributed by atoms with Crippen molar-refractivity contribution in [3.8, 4) is 11.5 Å². The molecule has 0 saturated carbocycles. The van der Waals surface area contributed by atoms with Gasteiger partial charge in [-0.1, -0.05) is 31.5 Å². The zero-order chi connectivity index (χ0) is 19.3. The van der Waals surface area contributed by atoms with E-state index in [-0.39, 0.29) is 23.5 Å². The number of carbonyl (C=O) groups is 1. The van der Waals surface area contributed by atoms with Gasteiger partial charge >= 0.3 is 0 Å². The standard InChI is InChI=1S/C21H25NO4S/c1-2-3-14-22(18-13-15-27(24,25)16-18)21(23)17-9-11-20(12-10-17)26-19-7-5-4-6-8-19/h4-12,18H,2-3,13-16H2,1H3. The number of hydrogen-bond acceptors (Lipinski definition) is 4. The van der Waals surface area contributed by atoms with Crippen LogP contribution in [0.2, 0.25) is 0 Å². The van der Waals surface area contributed by atoms with Crippen molar-refractivity contribution in [2.24, 2.45) is 0 Å². The van der Waals surface area contributed by atoms with Crippen molar-refractivity contribution >= 4 is 15.7 Å². The molecule has 144 valence electrons. The van der Waals surface area contributed by atoms with E-state index in [0.717, 1.165) is 18.6 Å². The smallest absolute Gasteiger partial charge is 0.254 e. The summed E-state index contributed by atoms with van der Waals surface area (Å²) in [5.74, 6) is 1.50. The van der Waals surface area contributed by atoms with E-state index in [2.05, 4.69) is 6.92 Å². The molecular formula is C21H25NO4S. The second-order valence-electron chi connectivity index (χ2n) is 6.85. The minimum absolute atomic E-state index is 0.0671. The molecule has 0 spiro atoms. The van der Waals surface area contributed by atoms with Crippen molar-refractivity contribution in [2.75, 3.05) is 18.1 Å². The lowest BCUT2D eigenvalue weighted by Crippen LogP contribution is -2.41. The van der Waals surface area contributed by atoms with Crippen LogP contribution in [0.25, 0.3) is 0 Å². The Morgan fingerprint density at radius 3 is 2.33 bits per heavy atom. The third kappa shape index (κ3) is 5.10. The molecule has 2 aromatic rings. The number of para-hydroxylation sites is 1. The highest BCUT2D eigenvalue weighted by Crippen LogP contribution is 2.24. The van der Waals surface area contributed by atoms with E-state index in [0.29, 0.717) is 24.3 Å². The van der Waals surface area contributed by atoms with Gasteiger partial charge in [0.1, 0.15) is 11.5 Å². The largest absolute Gasteiger partial charge is 0.457 e. The number of hydrogen-bond donors (Lipinski definition) is 0. The third-order valence-corrected chi connectivity index (χ3v) is 6.49. The molecule has 1 amide bonds. The summed E-state index contributed by atoms with van der Waals surface area (Å²) in [7, 11) is -3.04. The lowest BCUT2D eigenvalue weighted by atomic mass is 10.1. The SMILES string of the molecule is CCCCN(C(=O)c1ccc(Oc2ccccc2)cc1)C1CCS(=O)(=O)C1. The molecule has 0 N–H and O–H groups in total. The molecule has 1 unspecified atom stereocenters. The summed E-state index contributed by atoms with van der Waals surface area (Å²) in [6.07, 6.45) is 2.33. The predicted octanol–water partition coefficient (Wildman–Crippen LogP) is 3.91. The molecule has 1 heterocycles. The summed E-state index contributed by atoms with van der Waals surface area (Å²) in [5.41, 5.74) is 0.552. The molecule has 1 aliphatic rings. The number of sulfone groups is 1. The highest BCUT2D eigenvalue weighted by Gasteiger charge is 2.34. The maximum Gasteiger partial charge on any atom is 0.254 e. The van der Waals surface area contributed by atoms with Gasteiger partial charge in [0.2, 0.25) is 0 Å². The normalized spacial score (nSPS) is 18.2. The van der Waals surface area contributed by atoms with Gasteiger partial charge in [-0.3, -0.25) is 4.79 Å². The zero-order valence-electron chi connectivity index (χ0n) is 15.5. The number of amides is 1. The first-order chi connectivity index (χ1) is 13.0. The second-order valence-corrected chi connectivity index (χ2v) is 9.08. The highest BCUT2D eigenvalue weighted by molar-refractivity contribution is 7.91. The molecule has 0 radical (unpaired) electrons. The summed E-state index contributed by atoms with van der Waals surface area (Å²) in [6, 6.07) is 16.2. The molecule has 0 aliphatic carbocycles. The fourth-order valence-corrected chi connectivity index (χ4v) is 4.99. The molecule has 3 rings (SSSR count). The Hall–Kier alpha value is -2.34. The lowest BCUT2D eigenvalue weighted by Gasteiger charge is -2.28. The van der Waals surface area contributed by atoms with Crippen molar-refractivity contribution in [1.29, 1.82) is 0 Å². The maximum absolute atomic E-state index is 13.0.